The van der Waals surface area contributed by atoms with Crippen LogP contribution in [-0.2, 0) is 6.61 Å². The number of hydrogen-bond acceptors (Lipinski definition) is 4. The molecule has 0 spiro atoms. The van der Waals surface area contributed by atoms with Gasteiger partial charge in [-0.25, -0.2) is 9.97 Å². The van der Waals surface area contributed by atoms with Gasteiger partial charge < -0.3 is 4.74 Å². The quantitative estimate of drug-likeness (QED) is 0.675. The zero-order valence-electron chi connectivity index (χ0n) is 12.0. The number of aryl methyl sites for hydroxylation is 1. The van der Waals surface area contributed by atoms with Crippen LogP contribution in [0.25, 0.3) is 11.0 Å². The zero-order chi connectivity index (χ0) is 14.7. The zero-order valence-corrected chi connectivity index (χ0v) is 12.9. The minimum Gasteiger partial charge on any atom is -0.489 e. The molecule has 0 saturated heterocycles. The van der Waals surface area contributed by atoms with Gasteiger partial charge in [0.1, 0.15) is 17.4 Å². The number of nitrogens with zero attached hydrogens (tertiary/aromatic N) is 2. The summed E-state index contributed by atoms with van der Waals surface area (Å²) >= 11 is 1.61. The molecule has 3 rings (SSSR count). The van der Waals surface area contributed by atoms with Crippen LogP contribution in [0.1, 0.15) is 11.3 Å². The molecule has 0 saturated carbocycles. The average molecular weight is 296 g/mol. The van der Waals surface area contributed by atoms with Crippen molar-refractivity contribution in [2.45, 2.75) is 18.6 Å². The minimum absolute atomic E-state index is 0.557. The van der Waals surface area contributed by atoms with Crippen LogP contribution in [0.2, 0.25) is 0 Å². The molecule has 0 aliphatic heterocycles. The van der Waals surface area contributed by atoms with Crippen LogP contribution >= 0.6 is 11.8 Å². The molecule has 3 aromatic rings. The molecular weight excluding hydrogens is 280 g/mol. The monoisotopic (exact) mass is 296 g/mol. The van der Waals surface area contributed by atoms with E-state index in [0.29, 0.717) is 6.61 Å². The summed E-state index contributed by atoms with van der Waals surface area (Å²) in [4.78, 5) is 9.20. The second-order valence-electron chi connectivity index (χ2n) is 4.74. The third kappa shape index (κ3) is 3.16. The molecule has 0 N–H and O–H groups in total. The predicted molar refractivity (Wildman–Crippen MR) is 86.8 cm³/mol. The summed E-state index contributed by atoms with van der Waals surface area (Å²) in [5.74, 6) is 0.816. The Morgan fingerprint density at radius 3 is 2.57 bits per heavy atom. The normalized spacial score (nSPS) is 10.8. The van der Waals surface area contributed by atoms with Crippen LogP contribution in [0.15, 0.2) is 53.6 Å². The first-order valence-electron chi connectivity index (χ1n) is 6.75. The first-order chi connectivity index (χ1) is 10.3. The van der Waals surface area contributed by atoms with E-state index in [2.05, 4.69) is 22.1 Å². The smallest absolute Gasteiger partial charge is 0.122 e. The standard InChI is InChI=1S/C17H16N2OS/c1-12-17(21-2)19-16-10-14(8-9-15(16)18-12)20-11-13-6-4-3-5-7-13/h3-10H,11H2,1-2H3. The molecule has 0 atom stereocenters. The summed E-state index contributed by atoms with van der Waals surface area (Å²) in [6, 6.07) is 16.0. The van der Waals surface area contributed by atoms with Crippen LogP contribution in [0.4, 0.5) is 0 Å². The Labute approximate surface area is 128 Å². The third-order valence-corrected chi connectivity index (χ3v) is 3.98. The van der Waals surface area contributed by atoms with E-state index in [1.165, 1.54) is 0 Å². The largest absolute Gasteiger partial charge is 0.489 e. The summed E-state index contributed by atoms with van der Waals surface area (Å²) in [6.45, 7) is 2.54. The Kier molecular flexibility index (Phi) is 4.06. The van der Waals surface area contributed by atoms with Crippen LogP contribution in [-0.4, -0.2) is 16.2 Å². The van der Waals surface area contributed by atoms with Crippen LogP contribution in [0.3, 0.4) is 0 Å². The van der Waals surface area contributed by atoms with Crippen LogP contribution < -0.4 is 4.74 Å². The van der Waals surface area contributed by atoms with Crippen molar-refractivity contribution < 1.29 is 4.74 Å². The fraction of sp³-hybridized carbons (Fsp3) is 0.176. The van der Waals surface area contributed by atoms with E-state index in [0.717, 1.165) is 33.1 Å². The molecule has 106 valence electrons. The molecule has 0 amide bonds. The van der Waals surface area contributed by atoms with E-state index in [1.54, 1.807) is 11.8 Å². The molecule has 0 fully saturated rings. The summed E-state index contributed by atoms with van der Waals surface area (Å²) < 4.78 is 5.83. The van der Waals surface area contributed by atoms with E-state index in [4.69, 9.17) is 4.74 Å². The van der Waals surface area contributed by atoms with Gasteiger partial charge in [-0.1, -0.05) is 30.3 Å². The molecule has 0 bridgehead atoms. The molecule has 2 aromatic carbocycles. The SMILES string of the molecule is CSc1nc2cc(OCc3ccccc3)ccc2nc1C. The lowest BCUT2D eigenvalue weighted by Gasteiger charge is -2.08. The Hall–Kier alpha value is -2.07. The van der Waals surface area contributed by atoms with Crippen molar-refractivity contribution in [2.24, 2.45) is 0 Å². The lowest BCUT2D eigenvalue weighted by molar-refractivity contribution is 0.306. The fourth-order valence-corrected chi connectivity index (χ4v) is 2.66. The lowest BCUT2D eigenvalue weighted by atomic mass is 10.2. The van der Waals surface area contributed by atoms with Gasteiger partial charge in [-0.15, -0.1) is 11.8 Å². The van der Waals surface area contributed by atoms with Crippen LogP contribution in [0.5, 0.6) is 5.75 Å². The number of ether oxygens (including phenoxy) is 1. The van der Waals surface area contributed by atoms with Crippen molar-refractivity contribution in [1.29, 1.82) is 0 Å². The molecular formula is C17H16N2OS. The second kappa shape index (κ2) is 6.14. The van der Waals surface area contributed by atoms with E-state index < -0.39 is 0 Å². The Bertz CT molecular complexity index is 759. The van der Waals surface area contributed by atoms with Gasteiger partial charge >= 0.3 is 0 Å². The molecule has 0 aliphatic rings. The van der Waals surface area contributed by atoms with Crippen molar-refractivity contribution in [1.82, 2.24) is 9.97 Å². The first kappa shape index (κ1) is 13.9. The van der Waals surface area contributed by atoms with Crippen molar-refractivity contribution in [3.63, 3.8) is 0 Å². The molecule has 1 aromatic heterocycles. The second-order valence-corrected chi connectivity index (χ2v) is 5.54. The summed E-state index contributed by atoms with van der Waals surface area (Å²) in [5.41, 5.74) is 3.89. The molecule has 0 unspecified atom stereocenters. The highest BCUT2D eigenvalue weighted by atomic mass is 32.2. The summed E-state index contributed by atoms with van der Waals surface area (Å²) in [7, 11) is 0. The van der Waals surface area contributed by atoms with Gasteiger partial charge in [-0.05, 0) is 30.9 Å². The number of hydrogen-bond donors (Lipinski definition) is 0. The lowest BCUT2D eigenvalue weighted by Crippen LogP contribution is -1.96. The molecule has 3 nitrogen and oxygen atoms in total. The van der Waals surface area contributed by atoms with Crippen LogP contribution in [0, 0.1) is 6.92 Å². The average Bonchev–Trinajstić information content (AvgIpc) is 2.53. The molecule has 0 aliphatic carbocycles. The van der Waals surface area contributed by atoms with Gasteiger partial charge in [-0.2, -0.15) is 0 Å². The highest BCUT2D eigenvalue weighted by Crippen LogP contribution is 2.23. The topological polar surface area (TPSA) is 35.0 Å². The Balaban J connectivity index is 1.85. The fourth-order valence-electron chi connectivity index (χ4n) is 2.13. The van der Waals surface area contributed by atoms with Gasteiger partial charge in [0.25, 0.3) is 0 Å². The first-order valence-corrected chi connectivity index (χ1v) is 7.98. The maximum Gasteiger partial charge on any atom is 0.122 e. The van der Waals surface area contributed by atoms with Crippen molar-refractivity contribution >= 4 is 22.8 Å². The van der Waals surface area contributed by atoms with Gasteiger partial charge in [0.05, 0.1) is 16.7 Å². The highest BCUT2D eigenvalue weighted by Gasteiger charge is 2.05. The predicted octanol–water partition coefficient (Wildman–Crippen LogP) is 4.24. The van der Waals surface area contributed by atoms with Crippen molar-refractivity contribution in [3.8, 4) is 5.75 Å². The summed E-state index contributed by atoms with van der Waals surface area (Å²) in [6.07, 6.45) is 2.01. The van der Waals surface area contributed by atoms with Crippen molar-refractivity contribution in [3.05, 3.63) is 59.8 Å². The minimum atomic E-state index is 0.557. The number of benzene rings is 2. The summed E-state index contributed by atoms with van der Waals surface area (Å²) in [5, 5.41) is 0.961. The van der Waals surface area contributed by atoms with Crippen molar-refractivity contribution in [2.75, 3.05) is 6.26 Å². The Morgan fingerprint density at radius 2 is 1.81 bits per heavy atom. The van der Waals surface area contributed by atoms with Gasteiger partial charge in [0.2, 0.25) is 0 Å². The highest BCUT2D eigenvalue weighted by molar-refractivity contribution is 7.98. The number of fused-ring (bicyclic) bond motifs is 1. The molecule has 1 heterocycles. The maximum atomic E-state index is 5.83. The van der Waals surface area contributed by atoms with E-state index in [-0.39, 0.29) is 0 Å². The van der Waals surface area contributed by atoms with E-state index >= 15 is 0 Å². The maximum absolute atomic E-state index is 5.83. The number of thioether (sulfide) groups is 1. The van der Waals surface area contributed by atoms with Gasteiger partial charge in [-0.3, -0.25) is 0 Å². The van der Waals surface area contributed by atoms with Gasteiger partial charge in [0, 0.05) is 6.07 Å². The number of aromatic nitrogens is 2. The molecule has 21 heavy (non-hydrogen) atoms. The van der Waals surface area contributed by atoms with E-state index in [1.807, 2.05) is 49.6 Å². The molecule has 0 radical (unpaired) electrons. The van der Waals surface area contributed by atoms with E-state index in [9.17, 15) is 0 Å². The Morgan fingerprint density at radius 1 is 1.00 bits per heavy atom. The van der Waals surface area contributed by atoms with Gasteiger partial charge in [0.15, 0.2) is 0 Å². The molecule has 4 heteroatoms. The third-order valence-electron chi connectivity index (χ3n) is 3.21. The number of rotatable bonds is 4.